The summed E-state index contributed by atoms with van der Waals surface area (Å²) in [5.41, 5.74) is 2.16. The Morgan fingerprint density at radius 2 is 2.21 bits per heavy atom. The van der Waals surface area contributed by atoms with E-state index in [0.29, 0.717) is 23.4 Å². The van der Waals surface area contributed by atoms with Gasteiger partial charge in [0.25, 0.3) is 0 Å². The molecule has 0 aliphatic heterocycles. The molecule has 0 unspecified atom stereocenters. The van der Waals surface area contributed by atoms with Crippen molar-refractivity contribution in [3.8, 4) is 0 Å². The van der Waals surface area contributed by atoms with Gasteiger partial charge in [0.15, 0.2) is 0 Å². The fraction of sp³-hybridized carbons (Fsp3) is 0.636. The lowest BCUT2D eigenvalue weighted by Gasteiger charge is -2.07. The summed E-state index contributed by atoms with van der Waals surface area (Å²) < 4.78 is 0. The Morgan fingerprint density at radius 1 is 1.42 bits per heavy atom. The Morgan fingerprint density at radius 3 is 2.89 bits per heavy atom. The van der Waals surface area contributed by atoms with E-state index in [1.165, 1.54) is 18.3 Å². The normalized spacial score (nSPS) is 22.2. The Hall–Kier alpha value is -1.54. The average molecular weight is 283 g/mol. The minimum absolute atomic E-state index is 0.123. The molecule has 0 aromatic carbocycles. The molecule has 1 aliphatic carbocycles. The number of hydrogen-bond acceptors (Lipinski definition) is 6. The fourth-order valence-electron chi connectivity index (χ4n) is 2.41. The summed E-state index contributed by atoms with van der Waals surface area (Å²) in [4.78, 5) is 22.1. The van der Waals surface area contributed by atoms with E-state index in [-0.39, 0.29) is 11.8 Å². The van der Waals surface area contributed by atoms with Crippen LogP contribution in [0.1, 0.15) is 43.5 Å². The zero-order valence-electron chi connectivity index (χ0n) is 10.7. The zero-order chi connectivity index (χ0) is 13.8. The number of amides is 2. The van der Waals surface area contributed by atoms with Gasteiger partial charge in [0.2, 0.25) is 16.9 Å². The molecule has 1 aromatic heterocycles. The van der Waals surface area contributed by atoms with Gasteiger partial charge in [-0.05, 0) is 25.2 Å². The quantitative estimate of drug-likeness (QED) is 0.429. The molecule has 1 aliphatic rings. The van der Waals surface area contributed by atoms with Crippen LogP contribution in [-0.2, 0) is 9.59 Å². The molecule has 7 nitrogen and oxygen atoms in total. The van der Waals surface area contributed by atoms with Gasteiger partial charge in [0.05, 0.1) is 0 Å². The van der Waals surface area contributed by atoms with Gasteiger partial charge in [-0.1, -0.05) is 11.3 Å². The zero-order valence-corrected chi connectivity index (χ0v) is 11.5. The smallest absolute Gasteiger partial charge is 0.234 e. The van der Waals surface area contributed by atoms with Crippen LogP contribution in [0.2, 0.25) is 0 Å². The molecular weight excluding hydrogens is 266 g/mol. The predicted octanol–water partition coefficient (Wildman–Crippen LogP) is 0.760. The van der Waals surface area contributed by atoms with E-state index in [2.05, 4.69) is 20.9 Å². The third-order valence-electron chi connectivity index (χ3n) is 3.25. The number of aromatic nitrogens is 2. The molecule has 2 rings (SSSR count). The van der Waals surface area contributed by atoms with Gasteiger partial charge in [-0.2, -0.15) is 0 Å². The summed E-state index contributed by atoms with van der Waals surface area (Å²) in [7, 11) is 0. The Labute approximate surface area is 114 Å². The highest BCUT2D eigenvalue weighted by Gasteiger charge is 2.29. The molecule has 1 fully saturated rings. The number of carbonyl (C=O) groups is 2. The van der Waals surface area contributed by atoms with E-state index in [4.69, 9.17) is 5.84 Å². The second kappa shape index (κ2) is 6.07. The lowest BCUT2D eigenvalue weighted by molar-refractivity contribution is -0.122. The number of anilines is 1. The molecule has 0 spiro atoms. The van der Waals surface area contributed by atoms with Gasteiger partial charge < -0.3 is 5.32 Å². The first-order valence-electron chi connectivity index (χ1n) is 6.19. The SMILES string of the molecule is CC(=O)Nc1nnc([C@@H]2CC[C@H](CC(=O)NN)C2)s1. The van der Waals surface area contributed by atoms with Crippen molar-refractivity contribution >= 4 is 28.3 Å². The van der Waals surface area contributed by atoms with Gasteiger partial charge >= 0.3 is 0 Å². The second-order valence-electron chi connectivity index (χ2n) is 4.77. The Bertz CT molecular complexity index is 475. The van der Waals surface area contributed by atoms with Crippen LogP contribution >= 0.6 is 11.3 Å². The van der Waals surface area contributed by atoms with Crippen molar-refractivity contribution in [2.45, 2.75) is 38.5 Å². The summed E-state index contributed by atoms with van der Waals surface area (Å²) in [6.45, 7) is 1.44. The van der Waals surface area contributed by atoms with Gasteiger partial charge in [-0.25, -0.2) is 5.84 Å². The van der Waals surface area contributed by atoms with Crippen LogP contribution in [0.5, 0.6) is 0 Å². The lowest BCUT2D eigenvalue weighted by atomic mass is 10.0. The van der Waals surface area contributed by atoms with Crippen LogP contribution < -0.4 is 16.6 Å². The van der Waals surface area contributed by atoms with Crippen molar-refractivity contribution in [3.63, 3.8) is 0 Å². The summed E-state index contributed by atoms with van der Waals surface area (Å²) >= 11 is 1.41. The van der Waals surface area contributed by atoms with Crippen LogP contribution in [0, 0.1) is 5.92 Å². The van der Waals surface area contributed by atoms with Crippen molar-refractivity contribution in [1.82, 2.24) is 15.6 Å². The highest BCUT2D eigenvalue weighted by molar-refractivity contribution is 7.15. The van der Waals surface area contributed by atoms with E-state index >= 15 is 0 Å². The Kier molecular flexibility index (Phi) is 4.43. The van der Waals surface area contributed by atoms with Crippen molar-refractivity contribution in [3.05, 3.63) is 5.01 Å². The van der Waals surface area contributed by atoms with Gasteiger partial charge in [0, 0.05) is 19.3 Å². The van der Waals surface area contributed by atoms with E-state index in [9.17, 15) is 9.59 Å². The van der Waals surface area contributed by atoms with Crippen LogP contribution in [0.3, 0.4) is 0 Å². The summed E-state index contributed by atoms with van der Waals surface area (Å²) in [5.74, 6) is 5.49. The Balaban J connectivity index is 1.91. The molecule has 19 heavy (non-hydrogen) atoms. The van der Waals surface area contributed by atoms with Crippen molar-refractivity contribution in [1.29, 1.82) is 0 Å². The first kappa shape index (κ1) is 13.9. The molecule has 0 saturated heterocycles. The average Bonchev–Trinajstić information content (AvgIpc) is 2.97. The molecule has 2 amide bonds. The molecule has 0 bridgehead atoms. The highest BCUT2D eigenvalue weighted by atomic mass is 32.1. The number of rotatable bonds is 4. The molecule has 1 saturated carbocycles. The number of hydrogen-bond donors (Lipinski definition) is 3. The maximum Gasteiger partial charge on any atom is 0.234 e. The summed E-state index contributed by atoms with van der Waals surface area (Å²) in [6, 6.07) is 0. The number of hydrazine groups is 1. The molecule has 2 atom stereocenters. The number of nitrogens with one attached hydrogen (secondary N) is 2. The van der Waals surface area contributed by atoms with E-state index in [1.54, 1.807) is 0 Å². The molecule has 1 heterocycles. The monoisotopic (exact) mass is 283 g/mol. The summed E-state index contributed by atoms with van der Waals surface area (Å²) in [6.07, 6.45) is 3.37. The highest BCUT2D eigenvalue weighted by Crippen LogP contribution is 2.41. The number of carbonyl (C=O) groups excluding carboxylic acids is 2. The predicted molar refractivity (Wildman–Crippen MR) is 71.2 cm³/mol. The van der Waals surface area contributed by atoms with Crippen molar-refractivity contribution in [2.24, 2.45) is 11.8 Å². The number of nitrogens with two attached hydrogens (primary N) is 1. The molecular formula is C11H17N5O2S. The molecule has 4 N–H and O–H groups in total. The third kappa shape index (κ3) is 3.71. The van der Waals surface area contributed by atoms with Gasteiger partial charge in [0.1, 0.15) is 5.01 Å². The first-order chi connectivity index (χ1) is 9.08. The van der Waals surface area contributed by atoms with Crippen LogP contribution in [0.25, 0.3) is 0 Å². The molecule has 0 radical (unpaired) electrons. The summed E-state index contributed by atoms with van der Waals surface area (Å²) in [5, 5.41) is 12.1. The van der Waals surface area contributed by atoms with E-state index < -0.39 is 0 Å². The molecule has 104 valence electrons. The minimum atomic E-state index is -0.147. The molecule has 8 heteroatoms. The van der Waals surface area contributed by atoms with Crippen molar-refractivity contribution in [2.75, 3.05) is 5.32 Å². The van der Waals surface area contributed by atoms with E-state index in [1.807, 2.05) is 0 Å². The van der Waals surface area contributed by atoms with E-state index in [0.717, 1.165) is 24.3 Å². The first-order valence-corrected chi connectivity index (χ1v) is 7.00. The second-order valence-corrected chi connectivity index (χ2v) is 5.78. The van der Waals surface area contributed by atoms with Crippen LogP contribution in [0.15, 0.2) is 0 Å². The maximum atomic E-state index is 11.2. The fourth-order valence-corrected chi connectivity index (χ4v) is 3.34. The van der Waals surface area contributed by atoms with Gasteiger partial charge in [-0.3, -0.25) is 15.0 Å². The largest absolute Gasteiger partial charge is 0.301 e. The standard InChI is InChI=1S/C11H17N5O2S/c1-6(17)13-11-16-15-10(19-11)8-3-2-7(4-8)5-9(18)14-12/h7-8H,2-5,12H2,1H3,(H,14,18)(H,13,16,17)/t7-,8+/m0/s1. The third-order valence-corrected chi connectivity index (χ3v) is 4.25. The molecule has 1 aromatic rings. The van der Waals surface area contributed by atoms with Crippen LogP contribution in [-0.4, -0.2) is 22.0 Å². The van der Waals surface area contributed by atoms with Crippen LogP contribution in [0.4, 0.5) is 5.13 Å². The van der Waals surface area contributed by atoms with Gasteiger partial charge in [-0.15, -0.1) is 10.2 Å². The maximum absolute atomic E-state index is 11.2. The topological polar surface area (TPSA) is 110 Å². The van der Waals surface area contributed by atoms with Crippen molar-refractivity contribution < 1.29 is 9.59 Å². The number of nitrogens with zero attached hydrogens (tertiary/aromatic N) is 2. The lowest BCUT2D eigenvalue weighted by Crippen LogP contribution is -2.31. The minimum Gasteiger partial charge on any atom is -0.301 e.